The number of benzene rings is 1. The summed E-state index contributed by atoms with van der Waals surface area (Å²) in [6.07, 6.45) is 1.15. The highest BCUT2D eigenvalue weighted by atomic mass is 35.5. The van der Waals surface area contributed by atoms with Crippen molar-refractivity contribution in [1.82, 2.24) is 0 Å². The molecule has 0 saturated carbocycles. The van der Waals surface area contributed by atoms with E-state index in [1.807, 2.05) is 11.8 Å². The summed E-state index contributed by atoms with van der Waals surface area (Å²) in [7, 11) is 0. The molecule has 17 heavy (non-hydrogen) atoms. The van der Waals surface area contributed by atoms with Crippen LogP contribution in [0.15, 0.2) is 6.07 Å². The lowest BCUT2D eigenvalue weighted by molar-refractivity contribution is 0.612. The number of rotatable bonds is 3. The molecular weight excluding hydrogens is 261 g/mol. The van der Waals surface area contributed by atoms with Crippen LogP contribution in [0.25, 0.3) is 0 Å². The molecule has 1 atom stereocenters. The van der Waals surface area contributed by atoms with Gasteiger partial charge >= 0.3 is 0 Å². The third kappa shape index (κ3) is 2.72. The van der Waals surface area contributed by atoms with Gasteiger partial charge < -0.3 is 16.8 Å². The normalized spacial score (nSPS) is 19.5. The SMILES string of the molecule is Nc1cc(N)c(NCC2CCSC2)c(F)c1Cl. The predicted molar refractivity (Wildman–Crippen MR) is 74.2 cm³/mol. The summed E-state index contributed by atoms with van der Waals surface area (Å²) in [5.41, 5.74) is 12.0. The Morgan fingerprint density at radius 1 is 1.47 bits per heavy atom. The van der Waals surface area contributed by atoms with Gasteiger partial charge in [0.25, 0.3) is 0 Å². The van der Waals surface area contributed by atoms with E-state index < -0.39 is 5.82 Å². The largest absolute Gasteiger partial charge is 0.397 e. The number of halogens is 2. The summed E-state index contributed by atoms with van der Waals surface area (Å²) in [4.78, 5) is 0. The van der Waals surface area contributed by atoms with Gasteiger partial charge in [-0.05, 0) is 29.9 Å². The lowest BCUT2D eigenvalue weighted by Crippen LogP contribution is -2.15. The zero-order chi connectivity index (χ0) is 12.4. The first-order valence-corrected chi connectivity index (χ1v) is 6.97. The van der Waals surface area contributed by atoms with E-state index in [1.165, 1.54) is 11.8 Å². The monoisotopic (exact) mass is 275 g/mol. The van der Waals surface area contributed by atoms with Crippen LogP contribution >= 0.6 is 23.4 Å². The van der Waals surface area contributed by atoms with Gasteiger partial charge in [0, 0.05) is 6.54 Å². The lowest BCUT2D eigenvalue weighted by Gasteiger charge is -2.15. The van der Waals surface area contributed by atoms with Gasteiger partial charge in [-0.2, -0.15) is 11.8 Å². The van der Waals surface area contributed by atoms with Crippen LogP contribution in [-0.4, -0.2) is 18.1 Å². The van der Waals surface area contributed by atoms with E-state index >= 15 is 0 Å². The Balaban J connectivity index is 2.12. The van der Waals surface area contributed by atoms with Crippen molar-refractivity contribution in [1.29, 1.82) is 0 Å². The summed E-state index contributed by atoms with van der Waals surface area (Å²) in [6, 6.07) is 1.48. The Morgan fingerprint density at radius 2 is 2.24 bits per heavy atom. The van der Waals surface area contributed by atoms with Crippen LogP contribution < -0.4 is 16.8 Å². The Kier molecular flexibility index (Phi) is 3.89. The number of hydrogen-bond donors (Lipinski definition) is 3. The second-order valence-corrected chi connectivity index (χ2v) is 5.70. The Labute approximate surface area is 109 Å². The Hall–Kier alpha value is -0.810. The van der Waals surface area contributed by atoms with Crippen LogP contribution in [0.2, 0.25) is 5.02 Å². The van der Waals surface area contributed by atoms with Gasteiger partial charge in [-0.25, -0.2) is 4.39 Å². The second kappa shape index (κ2) is 5.23. The summed E-state index contributed by atoms with van der Waals surface area (Å²) < 4.78 is 13.8. The first-order chi connectivity index (χ1) is 8.09. The number of thioether (sulfide) groups is 1. The van der Waals surface area contributed by atoms with Crippen molar-refractivity contribution in [2.24, 2.45) is 5.92 Å². The van der Waals surface area contributed by atoms with Gasteiger partial charge in [0.1, 0.15) is 5.02 Å². The van der Waals surface area contributed by atoms with E-state index in [0.717, 1.165) is 12.2 Å². The second-order valence-electron chi connectivity index (χ2n) is 4.17. The lowest BCUT2D eigenvalue weighted by atomic mass is 10.1. The molecule has 0 spiro atoms. The van der Waals surface area contributed by atoms with E-state index in [1.54, 1.807) is 0 Å². The highest BCUT2D eigenvalue weighted by molar-refractivity contribution is 7.99. The molecule has 0 aromatic heterocycles. The molecule has 1 aliphatic rings. The van der Waals surface area contributed by atoms with Crippen molar-refractivity contribution in [2.75, 3.05) is 34.8 Å². The van der Waals surface area contributed by atoms with Gasteiger partial charge in [0.05, 0.1) is 17.1 Å². The van der Waals surface area contributed by atoms with Crippen molar-refractivity contribution in [2.45, 2.75) is 6.42 Å². The molecule has 0 bridgehead atoms. The van der Waals surface area contributed by atoms with Crippen LogP contribution in [0.3, 0.4) is 0 Å². The van der Waals surface area contributed by atoms with Crippen molar-refractivity contribution < 1.29 is 4.39 Å². The quantitative estimate of drug-likeness (QED) is 0.742. The maximum absolute atomic E-state index is 13.8. The number of nitrogens with one attached hydrogen (secondary N) is 1. The van der Waals surface area contributed by atoms with E-state index in [-0.39, 0.29) is 16.4 Å². The molecule has 0 radical (unpaired) electrons. The highest BCUT2D eigenvalue weighted by Gasteiger charge is 2.18. The van der Waals surface area contributed by atoms with Crippen LogP contribution in [0, 0.1) is 11.7 Å². The number of hydrogen-bond acceptors (Lipinski definition) is 4. The van der Waals surface area contributed by atoms with E-state index in [4.69, 9.17) is 23.1 Å². The zero-order valence-electron chi connectivity index (χ0n) is 9.30. The molecule has 5 N–H and O–H groups in total. The molecule has 1 aromatic carbocycles. The third-order valence-corrected chi connectivity index (χ3v) is 4.47. The van der Waals surface area contributed by atoms with Gasteiger partial charge in [-0.15, -0.1) is 0 Å². The molecule has 1 unspecified atom stereocenters. The fourth-order valence-electron chi connectivity index (χ4n) is 1.84. The molecule has 0 amide bonds. The first kappa shape index (κ1) is 12.6. The van der Waals surface area contributed by atoms with E-state index in [0.29, 0.717) is 18.2 Å². The summed E-state index contributed by atoms with van der Waals surface area (Å²) in [5.74, 6) is 2.29. The third-order valence-electron chi connectivity index (χ3n) is 2.86. The van der Waals surface area contributed by atoms with Crippen molar-refractivity contribution in [3.63, 3.8) is 0 Å². The number of anilines is 3. The highest BCUT2D eigenvalue weighted by Crippen LogP contribution is 2.34. The minimum absolute atomic E-state index is 0.0671. The molecule has 1 heterocycles. The van der Waals surface area contributed by atoms with Gasteiger partial charge in [-0.1, -0.05) is 11.6 Å². The molecule has 1 aromatic rings. The average molecular weight is 276 g/mol. The number of nitrogen functional groups attached to an aromatic ring is 2. The topological polar surface area (TPSA) is 64.1 Å². The molecular formula is C11H15ClFN3S. The van der Waals surface area contributed by atoms with Gasteiger partial charge in [0.15, 0.2) is 5.82 Å². The zero-order valence-corrected chi connectivity index (χ0v) is 10.9. The summed E-state index contributed by atoms with van der Waals surface area (Å²) >= 11 is 7.67. The van der Waals surface area contributed by atoms with Gasteiger partial charge in [-0.3, -0.25) is 0 Å². The molecule has 3 nitrogen and oxygen atoms in total. The van der Waals surface area contributed by atoms with Crippen molar-refractivity contribution in [3.8, 4) is 0 Å². The predicted octanol–water partition coefficient (Wildman–Crippen LogP) is 2.81. The minimum Gasteiger partial charge on any atom is -0.397 e. The van der Waals surface area contributed by atoms with E-state index in [9.17, 15) is 4.39 Å². The molecule has 2 rings (SSSR count). The fourth-order valence-corrected chi connectivity index (χ4v) is 3.27. The smallest absolute Gasteiger partial charge is 0.169 e. The van der Waals surface area contributed by atoms with E-state index in [2.05, 4.69) is 5.32 Å². The van der Waals surface area contributed by atoms with Crippen molar-refractivity contribution in [3.05, 3.63) is 16.9 Å². The molecule has 1 fully saturated rings. The van der Waals surface area contributed by atoms with Crippen molar-refractivity contribution >= 4 is 40.4 Å². The first-order valence-electron chi connectivity index (χ1n) is 5.44. The summed E-state index contributed by atoms with van der Waals surface area (Å²) in [5, 5.41) is 2.97. The average Bonchev–Trinajstić information content (AvgIpc) is 2.79. The van der Waals surface area contributed by atoms with Crippen LogP contribution in [0.5, 0.6) is 0 Å². The molecule has 1 saturated heterocycles. The standard InChI is InChI=1S/C11H15ClFN3S/c12-9-7(14)3-8(15)11(10(9)13)16-4-6-1-2-17-5-6/h3,6,16H,1-2,4-5,14-15H2. The van der Waals surface area contributed by atoms with Gasteiger partial charge in [0.2, 0.25) is 0 Å². The Bertz CT molecular complexity index is 422. The summed E-state index contributed by atoms with van der Waals surface area (Å²) in [6.45, 7) is 0.717. The maximum atomic E-state index is 13.8. The molecule has 6 heteroatoms. The van der Waals surface area contributed by atoms with Crippen LogP contribution in [0.4, 0.5) is 21.5 Å². The van der Waals surface area contributed by atoms with Crippen LogP contribution in [0.1, 0.15) is 6.42 Å². The van der Waals surface area contributed by atoms with Crippen LogP contribution in [-0.2, 0) is 0 Å². The Morgan fingerprint density at radius 3 is 2.88 bits per heavy atom. The fraction of sp³-hybridized carbons (Fsp3) is 0.455. The number of nitrogens with two attached hydrogens (primary N) is 2. The molecule has 0 aliphatic carbocycles. The molecule has 94 valence electrons. The minimum atomic E-state index is -0.560. The molecule has 1 aliphatic heterocycles. The maximum Gasteiger partial charge on any atom is 0.169 e.